The molecule has 2 heterocycles. The summed E-state index contributed by atoms with van der Waals surface area (Å²) in [7, 11) is 0. The molecule has 86 valence electrons. The summed E-state index contributed by atoms with van der Waals surface area (Å²) in [5, 5.41) is 9.27. The van der Waals surface area contributed by atoms with Gasteiger partial charge in [0.25, 0.3) is 0 Å². The van der Waals surface area contributed by atoms with Crippen molar-refractivity contribution in [2.75, 3.05) is 26.3 Å². The van der Waals surface area contributed by atoms with E-state index < -0.39 is 12.0 Å². The van der Waals surface area contributed by atoms with Crippen molar-refractivity contribution >= 4 is 5.97 Å². The molecule has 1 aromatic heterocycles. The molecule has 0 aliphatic carbocycles. The third kappa shape index (κ3) is 2.37. The van der Waals surface area contributed by atoms with Gasteiger partial charge < -0.3 is 9.84 Å². The Labute approximate surface area is 93.7 Å². The highest BCUT2D eigenvalue weighted by Gasteiger charge is 2.28. The van der Waals surface area contributed by atoms with Crippen LogP contribution in [-0.4, -0.2) is 47.3 Å². The van der Waals surface area contributed by atoms with E-state index in [4.69, 9.17) is 4.74 Å². The molecule has 0 bridgehead atoms. The number of aliphatic carboxylic acids is 1. The number of rotatable bonds is 3. The maximum absolute atomic E-state index is 11.3. The molecular formula is C11H14N2O3. The fourth-order valence-corrected chi connectivity index (χ4v) is 1.88. The number of ether oxygens (including phenoxy) is 1. The Morgan fingerprint density at radius 1 is 1.50 bits per heavy atom. The second-order valence-electron chi connectivity index (χ2n) is 3.68. The Balaban J connectivity index is 2.20. The number of carboxylic acid groups (broad SMARTS) is 1. The van der Waals surface area contributed by atoms with E-state index in [-0.39, 0.29) is 0 Å². The molecule has 1 aliphatic rings. The van der Waals surface area contributed by atoms with Gasteiger partial charge in [0, 0.05) is 25.5 Å². The third-order valence-corrected chi connectivity index (χ3v) is 2.64. The van der Waals surface area contributed by atoms with Crippen molar-refractivity contribution in [2.45, 2.75) is 6.04 Å². The van der Waals surface area contributed by atoms with Gasteiger partial charge in [-0.3, -0.25) is 14.7 Å². The van der Waals surface area contributed by atoms with Crippen LogP contribution in [0.2, 0.25) is 0 Å². The summed E-state index contributed by atoms with van der Waals surface area (Å²) in [4.78, 5) is 17.2. The molecule has 1 saturated heterocycles. The molecule has 1 N–H and O–H groups in total. The van der Waals surface area contributed by atoms with Gasteiger partial charge in [-0.15, -0.1) is 0 Å². The minimum atomic E-state index is -0.838. The molecule has 16 heavy (non-hydrogen) atoms. The van der Waals surface area contributed by atoms with E-state index in [1.54, 1.807) is 24.5 Å². The third-order valence-electron chi connectivity index (χ3n) is 2.64. The Bertz CT molecular complexity index is 350. The molecular weight excluding hydrogens is 208 g/mol. The number of aromatic nitrogens is 1. The lowest BCUT2D eigenvalue weighted by Gasteiger charge is -2.31. The number of nitrogens with zero attached hydrogens (tertiary/aromatic N) is 2. The van der Waals surface area contributed by atoms with Crippen LogP contribution < -0.4 is 0 Å². The molecule has 5 heteroatoms. The minimum absolute atomic E-state index is 0.587. The van der Waals surface area contributed by atoms with E-state index in [0.29, 0.717) is 26.3 Å². The summed E-state index contributed by atoms with van der Waals surface area (Å²) in [6, 6.07) is 2.94. The fourth-order valence-electron chi connectivity index (χ4n) is 1.88. The van der Waals surface area contributed by atoms with Crippen LogP contribution in [0.5, 0.6) is 0 Å². The monoisotopic (exact) mass is 222 g/mol. The molecule has 0 saturated carbocycles. The van der Waals surface area contributed by atoms with Gasteiger partial charge in [-0.1, -0.05) is 6.07 Å². The van der Waals surface area contributed by atoms with Crippen molar-refractivity contribution in [3.8, 4) is 0 Å². The predicted molar refractivity (Wildman–Crippen MR) is 57.0 cm³/mol. The van der Waals surface area contributed by atoms with E-state index in [1.165, 1.54) is 0 Å². The molecule has 0 unspecified atom stereocenters. The summed E-state index contributed by atoms with van der Waals surface area (Å²) in [5.41, 5.74) is 0.719. The maximum atomic E-state index is 11.3. The summed E-state index contributed by atoms with van der Waals surface area (Å²) < 4.78 is 5.22. The maximum Gasteiger partial charge on any atom is 0.325 e. The van der Waals surface area contributed by atoms with Gasteiger partial charge in [-0.05, 0) is 11.6 Å². The second kappa shape index (κ2) is 5.05. The molecule has 0 aromatic carbocycles. The quantitative estimate of drug-likeness (QED) is 0.808. The van der Waals surface area contributed by atoms with Gasteiger partial charge in [-0.2, -0.15) is 0 Å². The van der Waals surface area contributed by atoms with Crippen molar-refractivity contribution in [2.24, 2.45) is 0 Å². The molecule has 2 rings (SSSR count). The highest BCUT2D eigenvalue weighted by molar-refractivity contribution is 5.75. The highest BCUT2D eigenvalue weighted by Crippen LogP contribution is 2.21. The van der Waals surface area contributed by atoms with Gasteiger partial charge in [0.1, 0.15) is 6.04 Å². The number of hydrogen-bond donors (Lipinski definition) is 1. The largest absolute Gasteiger partial charge is 0.480 e. The number of carboxylic acids is 1. The lowest BCUT2D eigenvalue weighted by atomic mass is 10.1. The van der Waals surface area contributed by atoms with E-state index in [0.717, 1.165) is 5.56 Å². The van der Waals surface area contributed by atoms with Crippen LogP contribution in [0, 0.1) is 0 Å². The summed E-state index contributed by atoms with van der Waals surface area (Å²) in [6.07, 6.45) is 3.25. The molecule has 0 radical (unpaired) electrons. The minimum Gasteiger partial charge on any atom is -0.480 e. The van der Waals surface area contributed by atoms with Crippen LogP contribution in [0.4, 0.5) is 0 Å². The standard InChI is InChI=1S/C11H14N2O3/c14-11(15)10(9-2-1-3-12-8-9)13-4-6-16-7-5-13/h1-3,8,10H,4-7H2,(H,14,15)/t10-/m0/s1. The molecule has 1 aliphatic heterocycles. The Morgan fingerprint density at radius 3 is 2.81 bits per heavy atom. The van der Waals surface area contributed by atoms with Crippen LogP contribution in [0.3, 0.4) is 0 Å². The first-order chi connectivity index (χ1) is 7.79. The molecule has 5 nitrogen and oxygen atoms in total. The number of morpholine rings is 1. The molecule has 0 spiro atoms. The first kappa shape index (κ1) is 11.0. The average molecular weight is 222 g/mol. The van der Waals surface area contributed by atoms with Crippen molar-refractivity contribution in [3.05, 3.63) is 30.1 Å². The van der Waals surface area contributed by atoms with Crippen LogP contribution in [0.25, 0.3) is 0 Å². The lowest BCUT2D eigenvalue weighted by molar-refractivity contribution is -0.145. The fraction of sp³-hybridized carbons (Fsp3) is 0.455. The van der Waals surface area contributed by atoms with Gasteiger partial charge in [0.05, 0.1) is 13.2 Å². The zero-order valence-electron chi connectivity index (χ0n) is 8.87. The zero-order chi connectivity index (χ0) is 11.4. The molecule has 0 amide bonds. The van der Waals surface area contributed by atoms with Crippen LogP contribution in [-0.2, 0) is 9.53 Å². The SMILES string of the molecule is O=C(O)[C@H](c1cccnc1)N1CCOCC1. The smallest absolute Gasteiger partial charge is 0.325 e. The Hall–Kier alpha value is -1.46. The van der Waals surface area contributed by atoms with E-state index in [2.05, 4.69) is 4.98 Å². The van der Waals surface area contributed by atoms with Gasteiger partial charge >= 0.3 is 5.97 Å². The van der Waals surface area contributed by atoms with Crippen molar-refractivity contribution in [3.63, 3.8) is 0 Å². The van der Waals surface area contributed by atoms with E-state index in [1.807, 2.05) is 4.90 Å². The first-order valence-electron chi connectivity index (χ1n) is 5.23. The molecule has 1 atom stereocenters. The van der Waals surface area contributed by atoms with E-state index in [9.17, 15) is 9.90 Å². The van der Waals surface area contributed by atoms with Crippen molar-refractivity contribution in [1.29, 1.82) is 0 Å². The summed E-state index contributed by atoms with van der Waals surface area (Å²) >= 11 is 0. The summed E-state index contributed by atoms with van der Waals surface area (Å²) in [5.74, 6) is -0.838. The summed E-state index contributed by atoms with van der Waals surface area (Å²) in [6.45, 7) is 2.46. The van der Waals surface area contributed by atoms with Crippen molar-refractivity contribution < 1.29 is 14.6 Å². The number of hydrogen-bond acceptors (Lipinski definition) is 4. The van der Waals surface area contributed by atoms with Crippen molar-refractivity contribution in [1.82, 2.24) is 9.88 Å². The van der Waals surface area contributed by atoms with E-state index >= 15 is 0 Å². The zero-order valence-corrected chi connectivity index (χ0v) is 8.87. The normalized spacial score (nSPS) is 19.2. The lowest BCUT2D eigenvalue weighted by Crippen LogP contribution is -2.42. The topological polar surface area (TPSA) is 62.7 Å². The Morgan fingerprint density at radius 2 is 2.25 bits per heavy atom. The van der Waals surface area contributed by atoms with Crippen LogP contribution in [0.15, 0.2) is 24.5 Å². The average Bonchev–Trinajstić information content (AvgIpc) is 2.31. The second-order valence-corrected chi connectivity index (χ2v) is 3.68. The molecule has 1 aromatic rings. The first-order valence-corrected chi connectivity index (χ1v) is 5.23. The predicted octanol–water partition coefficient (Wildman–Crippen LogP) is 0.540. The Kier molecular flexibility index (Phi) is 3.48. The number of carbonyl (C=O) groups is 1. The van der Waals surface area contributed by atoms with Gasteiger partial charge in [-0.25, -0.2) is 0 Å². The van der Waals surface area contributed by atoms with Gasteiger partial charge in [0.2, 0.25) is 0 Å². The number of pyridine rings is 1. The molecule has 1 fully saturated rings. The van der Waals surface area contributed by atoms with Crippen LogP contribution in [0.1, 0.15) is 11.6 Å². The highest BCUT2D eigenvalue weighted by atomic mass is 16.5. The van der Waals surface area contributed by atoms with Gasteiger partial charge in [0.15, 0.2) is 0 Å². The van der Waals surface area contributed by atoms with Crippen LogP contribution >= 0.6 is 0 Å².